The molecule has 0 aromatic carbocycles. The molecule has 0 aromatic heterocycles. The molecule has 2 aliphatic heterocycles. The molecule has 182 valence electrons. The largest absolute Gasteiger partial charge is 0.481 e. The zero-order chi connectivity index (χ0) is 23.9. The first kappa shape index (κ1) is 25.9. The van der Waals surface area contributed by atoms with Crippen molar-refractivity contribution in [2.75, 3.05) is 32.7 Å². The molecule has 0 aromatic rings. The van der Waals surface area contributed by atoms with Crippen LogP contribution in [0.2, 0.25) is 0 Å². The first-order valence-corrected chi connectivity index (χ1v) is 11.7. The molecule has 2 N–H and O–H groups in total. The molecule has 2 saturated heterocycles. The van der Waals surface area contributed by atoms with E-state index in [1.54, 1.807) is 16.7 Å². The normalized spacial score (nSPS) is 21.1. The van der Waals surface area contributed by atoms with Gasteiger partial charge in [-0.3, -0.25) is 14.4 Å². The van der Waals surface area contributed by atoms with E-state index in [-0.39, 0.29) is 30.4 Å². The quantitative estimate of drug-likeness (QED) is 0.612. The Bertz CT molecular complexity index is 682. The Kier molecular flexibility index (Phi) is 9.33. The molecule has 0 bridgehead atoms. The van der Waals surface area contributed by atoms with Gasteiger partial charge in [0, 0.05) is 39.1 Å². The lowest BCUT2D eigenvalue weighted by Crippen LogP contribution is -2.46. The van der Waals surface area contributed by atoms with Crippen LogP contribution in [0.3, 0.4) is 0 Å². The number of nitrogens with zero attached hydrogens (tertiary/aromatic N) is 2. The lowest BCUT2D eigenvalue weighted by molar-refractivity contribution is -0.141. The first-order chi connectivity index (χ1) is 15.0. The van der Waals surface area contributed by atoms with E-state index < -0.39 is 17.5 Å². The van der Waals surface area contributed by atoms with Crippen LogP contribution in [0.5, 0.6) is 0 Å². The van der Waals surface area contributed by atoms with E-state index in [4.69, 9.17) is 9.84 Å². The number of amides is 3. The second-order valence-corrected chi connectivity index (χ2v) is 10.1. The Balaban J connectivity index is 1.71. The lowest BCUT2D eigenvalue weighted by atomic mass is 9.91. The number of carboxylic acids is 1. The number of likely N-dealkylation sites (tertiary alicyclic amines) is 2. The molecular formula is C23H39N3O6. The molecule has 0 unspecified atom stereocenters. The number of hydrogen-bond acceptors (Lipinski definition) is 5. The van der Waals surface area contributed by atoms with Gasteiger partial charge in [-0.2, -0.15) is 0 Å². The minimum Gasteiger partial charge on any atom is -0.481 e. The zero-order valence-corrected chi connectivity index (χ0v) is 19.9. The van der Waals surface area contributed by atoms with Crippen LogP contribution >= 0.6 is 0 Å². The number of ether oxygens (including phenoxy) is 1. The minimum absolute atomic E-state index is 0.0657. The van der Waals surface area contributed by atoms with E-state index in [0.29, 0.717) is 44.9 Å². The molecule has 2 fully saturated rings. The third kappa shape index (κ3) is 8.31. The Morgan fingerprint density at radius 3 is 2.31 bits per heavy atom. The maximum atomic E-state index is 12.7. The van der Waals surface area contributed by atoms with Crippen LogP contribution in [0.15, 0.2) is 0 Å². The number of carbonyl (C=O) groups excluding carboxylic acids is 3. The number of rotatable bonds is 7. The first-order valence-electron chi connectivity index (χ1n) is 11.7. The number of nitrogens with one attached hydrogen (secondary N) is 1. The van der Waals surface area contributed by atoms with Crippen molar-refractivity contribution in [2.45, 2.75) is 71.8 Å². The minimum atomic E-state index is -0.942. The highest BCUT2D eigenvalue weighted by molar-refractivity contribution is 5.82. The molecule has 2 atom stereocenters. The van der Waals surface area contributed by atoms with Crippen LogP contribution in [-0.4, -0.2) is 77.1 Å². The molecule has 0 saturated carbocycles. The summed E-state index contributed by atoms with van der Waals surface area (Å²) in [5, 5.41) is 11.6. The van der Waals surface area contributed by atoms with Gasteiger partial charge in [0.05, 0.1) is 11.8 Å². The Morgan fingerprint density at radius 2 is 1.72 bits per heavy atom. The van der Waals surface area contributed by atoms with Gasteiger partial charge >= 0.3 is 12.1 Å². The summed E-state index contributed by atoms with van der Waals surface area (Å²) in [5.74, 6) is -1.57. The summed E-state index contributed by atoms with van der Waals surface area (Å²) in [6.45, 7) is 9.56. The van der Waals surface area contributed by atoms with Crippen LogP contribution in [0.4, 0.5) is 4.79 Å². The van der Waals surface area contributed by atoms with Crippen molar-refractivity contribution >= 4 is 23.9 Å². The number of carboxylic acid groups (broad SMARTS) is 1. The molecule has 2 rings (SSSR count). The van der Waals surface area contributed by atoms with Gasteiger partial charge in [0.15, 0.2) is 0 Å². The van der Waals surface area contributed by atoms with E-state index in [1.807, 2.05) is 20.8 Å². The fourth-order valence-corrected chi connectivity index (χ4v) is 4.12. The van der Waals surface area contributed by atoms with Gasteiger partial charge in [0.1, 0.15) is 5.60 Å². The maximum absolute atomic E-state index is 12.7. The molecule has 9 heteroatoms. The second kappa shape index (κ2) is 11.5. The van der Waals surface area contributed by atoms with Gasteiger partial charge in [0.2, 0.25) is 11.8 Å². The highest BCUT2D eigenvalue weighted by Crippen LogP contribution is 2.25. The Morgan fingerprint density at radius 1 is 1.06 bits per heavy atom. The van der Waals surface area contributed by atoms with Crippen molar-refractivity contribution in [3.63, 3.8) is 0 Å². The zero-order valence-electron chi connectivity index (χ0n) is 19.9. The van der Waals surface area contributed by atoms with E-state index >= 15 is 0 Å². The predicted octanol–water partition coefficient (Wildman–Crippen LogP) is 2.49. The Labute approximate surface area is 190 Å². The van der Waals surface area contributed by atoms with Crippen molar-refractivity contribution in [2.24, 2.45) is 17.8 Å². The third-order valence-electron chi connectivity index (χ3n) is 6.18. The molecule has 2 heterocycles. The standard InChI is InChI=1S/C23H39N3O6/c1-16(21(29)30)14-24-20(28)18-6-5-11-26(15-18)19(27)8-7-17-9-12-25(13-10-17)22(31)32-23(2,3)4/h16-18H,5-15H2,1-4H3,(H,24,28)(H,29,30)/t16-,18-/m1/s1. The summed E-state index contributed by atoms with van der Waals surface area (Å²) in [6, 6.07) is 0. The summed E-state index contributed by atoms with van der Waals surface area (Å²) in [4.78, 5) is 51.7. The molecule has 3 amide bonds. The summed E-state index contributed by atoms with van der Waals surface area (Å²) in [6.07, 6.45) is 4.15. The fourth-order valence-electron chi connectivity index (χ4n) is 4.12. The van der Waals surface area contributed by atoms with Crippen LogP contribution in [0.25, 0.3) is 0 Å². The van der Waals surface area contributed by atoms with Gasteiger partial charge in [0.25, 0.3) is 0 Å². The third-order valence-corrected chi connectivity index (χ3v) is 6.18. The SMILES string of the molecule is C[C@H](CNC(=O)[C@@H]1CCCN(C(=O)CCC2CCN(C(=O)OC(C)(C)C)CC2)C1)C(=O)O. The van der Waals surface area contributed by atoms with Crippen molar-refractivity contribution in [3.8, 4) is 0 Å². The lowest BCUT2D eigenvalue weighted by Gasteiger charge is -2.34. The monoisotopic (exact) mass is 453 g/mol. The fraction of sp³-hybridized carbons (Fsp3) is 0.826. The molecule has 9 nitrogen and oxygen atoms in total. The number of piperidine rings is 2. The molecule has 0 spiro atoms. The summed E-state index contributed by atoms with van der Waals surface area (Å²) >= 11 is 0. The summed E-state index contributed by atoms with van der Waals surface area (Å²) in [7, 11) is 0. The highest BCUT2D eigenvalue weighted by atomic mass is 16.6. The number of hydrogen-bond donors (Lipinski definition) is 2. The number of aliphatic carboxylic acids is 1. The van der Waals surface area contributed by atoms with Crippen LogP contribution < -0.4 is 5.32 Å². The van der Waals surface area contributed by atoms with E-state index in [1.165, 1.54) is 0 Å². The second-order valence-electron chi connectivity index (χ2n) is 10.1. The molecule has 2 aliphatic rings. The van der Waals surface area contributed by atoms with E-state index in [2.05, 4.69) is 5.32 Å². The average molecular weight is 454 g/mol. The average Bonchev–Trinajstić information content (AvgIpc) is 2.74. The number of carbonyl (C=O) groups is 4. The Hall–Kier alpha value is -2.32. The molecule has 0 radical (unpaired) electrons. The maximum Gasteiger partial charge on any atom is 0.410 e. The van der Waals surface area contributed by atoms with Crippen molar-refractivity contribution in [3.05, 3.63) is 0 Å². The summed E-state index contributed by atoms with van der Waals surface area (Å²) in [5.41, 5.74) is -0.502. The summed E-state index contributed by atoms with van der Waals surface area (Å²) < 4.78 is 5.43. The van der Waals surface area contributed by atoms with Gasteiger partial charge in [-0.1, -0.05) is 6.92 Å². The van der Waals surface area contributed by atoms with Crippen LogP contribution in [0, 0.1) is 17.8 Å². The molecule has 0 aliphatic carbocycles. The van der Waals surface area contributed by atoms with Crippen molar-refractivity contribution in [1.29, 1.82) is 0 Å². The smallest absolute Gasteiger partial charge is 0.410 e. The van der Waals surface area contributed by atoms with Crippen molar-refractivity contribution < 1.29 is 29.0 Å². The van der Waals surface area contributed by atoms with Crippen molar-refractivity contribution in [1.82, 2.24) is 15.1 Å². The topological polar surface area (TPSA) is 116 Å². The molecular weight excluding hydrogens is 414 g/mol. The van der Waals surface area contributed by atoms with Gasteiger partial charge in [-0.15, -0.1) is 0 Å². The van der Waals surface area contributed by atoms with Gasteiger partial charge < -0.3 is 25.0 Å². The van der Waals surface area contributed by atoms with Crippen LogP contribution in [-0.2, 0) is 19.1 Å². The van der Waals surface area contributed by atoms with Gasteiger partial charge in [-0.05, 0) is 58.8 Å². The highest BCUT2D eigenvalue weighted by Gasteiger charge is 2.30. The van der Waals surface area contributed by atoms with Crippen LogP contribution in [0.1, 0.15) is 66.2 Å². The van der Waals surface area contributed by atoms with E-state index in [9.17, 15) is 19.2 Å². The molecule has 32 heavy (non-hydrogen) atoms. The van der Waals surface area contributed by atoms with E-state index in [0.717, 1.165) is 25.7 Å². The van der Waals surface area contributed by atoms with Gasteiger partial charge in [-0.25, -0.2) is 4.79 Å². The predicted molar refractivity (Wildman–Crippen MR) is 119 cm³/mol.